The molecule has 1 atom stereocenters. The molecule has 0 bridgehead atoms. The van der Waals surface area contributed by atoms with Gasteiger partial charge in [0.25, 0.3) is 0 Å². The zero-order valence-corrected chi connectivity index (χ0v) is 14.7. The Kier molecular flexibility index (Phi) is 5.33. The van der Waals surface area contributed by atoms with E-state index in [0.717, 1.165) is 37.4 Å². The third kappa shape index (κ3) is 4.33. The molecule has 4 heterocycles. The lowest BCUT2D eigenvalue weighted by molar-refractivity contribution is 0.0653. The molecule has 0 radical (unpaired) electrons. The van der Waals surface area contributed by atoms with Gasteiger partial charge in [0.05, 0.1) is 24.6 Å². The molecule has 6 heteroatoms. The van der Waals surface area contributed by atoms with Gasteiger partial charge in [-0.1, -0.05) is 12.1 Å². The van der Waals surface area contributed by atoms with Crippen LogP contribution in [0.4, 0.5) is 0 Å². The molecule has 1 aliphatic rings. The van der Waals surface area contributed by atoms with Crippen molar-refractivity contribution in [1.29, 1.82) is 0 Å². The SMILES string of the molecule is c1ccc(CN2Cc3ccnn3CC(COCc3cccnc3)C2)nc1. The fourth-order valence-electron chi connectivity index (χ4n) is 3.39. The van der Waals surface area contributed by atoms with E-state index >= 15 is 0 Å². The average Bonchev–Trinajstić information content (AvgIpc) is 3.03. The first-order valence-corrected chi connectivity index (χ1v) is 8.96. The fraction of sp³-hybridized carbons (Fsp3) is 0.350. The normalized spacial score (nSPS) is 17.6. The maximum absolute atomic E-state index is 5.98. The van der Waals surface area contributed by atoms with Crippen LogP contribution < -0.4 is 0 Å². The summed E-state index contributed by atoms with van der Waals surface area (Å²) in [7, 11) is 0. The van der Waals surface area contributed by atoms with Gasteiger partial charge in [0.2, 0.25) is 0 Å². The van der Waals surface area contributed by atoms with Gasteiger partial charge in [0.1, 0.15) is 0 Å². The van der Waals surface area contributed by atoms with Crippen LogP contribution in [0.5, 0.6) is 0 Å². The molecule has 0 amide bonds. The van der Waals surface area contributed by atoms with Crippen LogP contribution >= 0.6 is 0 Å². The Bertz CT molecular complexity index is 805. The zero-order valence-electron chi connectivity index (χ0n) is 14.7. The van der Waals surface area contributed by atoms with Gasteiger partial charge in [-0.3, -0.25) is 19.5 Å². The van der Waals surface area contributed by atoms with Crippen LogP contribution in [0.1, 0.15) is 17.0 Å². The van der Waals surface area contributed by atoms with Crippen LogP contribution in [0.2, 0.25) is 0 Å². The molecule has 0 N–H and O–H groups in total. The van der Waals surface area contributed by atoms with Crippen LogP contribution in [0, 0.1) is 5.92 Å². The smallest absolute Gasteiger partial charge is 0.0731 e. The van der Waals surface area contributed by atoms with Gasteiger partial charge in [-0.05, 0) is 29.8 Å². The second kappa shape index (κ2) is 8.21. The summed E-state index contributed by atoms with van der Waals surface area (Å²) in [6.07, 6.45) is 7.37. The van der Waals surface area contributed by atoms with Crippen LogP contribution in [-0.4, -0.2) is 37.8 Å². The lowest BCUT2D eigenvalue weighted by Crippen LogP contribution is -2.30. The number of hydrogen-bond donors (Lipinski definition) is 0. The van der Waals surface area contributed by atoms with Crippen molar-refractivity contribution < 1.29 is 4.74 Å². The molecule has 26 heavy (non-hydrogen) atoms. The quantitative estimate of drug-likeness (QED) is 0.684. The van der Waals surface area contributed by atoms with Crippen LogP contribution in [0.15, 0.2) is 61.2 Å². The summed E-state index contributed by atoms with van der Waals surface area (Å²) in [6, 6.07) is 12.2. The highest BCUT2D eigenvalue weighted by Gasteiger charge is 2.22. The lowest BCUT2D eigenvalue weighted by atomic mass is 10.1. The highest BCUT2D eigenvalue weighted by atomic mass is 16.5. The van der Waals surface area contributed by atoms with Crippen molar-refractivity contribution in [3.63, 3.8) is 0 Å². The van der Waals surface area contributed by atoms with E-state index in [1.54, 1.807) is 6.20 Å². The minimum absolute atomic E-state index is 0.386. The third-order valence-electron chi connectivity index (χ3n) is 4.59. The van der Waals surface area contributed by atoms with Gasteiger partial charge in [-0.2, -0.15) is 5.10 Å². The van der Waals surface area contributed by atoms with Crippen molar-refractivity contribution in [2.24, 2.45) is 5.92 Å². The molecule has 3 aromatic rings. The Morgan fingerprint density at radius 3 is 2.88 bits per heavy atom. The Hall–Kier alpha value is -2.57. The summed E-state index contributed by atoms with van der Waals surface area (Å²) in [6.45, 7) is 4.87. The largest absolute Gasteiger partial charge is 0.376 e. The number of rotatable bonds is 6. The van der Waals surface area contributed by atoms with Crippen molar-refractivity contribution in [3.05, 3.63) is 78.1 Å². The second-order valence-corrected chi connectivity index (χ2v) is 6.74. The lowest BCUT2D eigenvalue weighted by Gasteiger charge is -2.23. The molecule has 0 saturated carbocycles. The molecule has 0 fully saturated rings. The molecular weight excluding hydrogens is 326 g/mol. The number of aromatic nitrogens is 4. The summed E-state index contributed by atoms with van der Waals surface area (Å²) >= 11 is 0. The Balaban J connectivity index is 1.40. The van der Waals surface area contributed by atoms with Crippen molar-refractivity contribution >= 4 is 0 Å². The third-order valence-corrected chi connectivity index (χ3v) is 4.59. The van der Waals surface area contributed by atoms with E-state index < -0.39 is 0 Å². The topological polar surface area (TPSA) is 56.1 Å². The highest BCUT2D eigenvalue weighted by Crippen LogP contribution is 2.18. The number of ether oxygens (including phenoxy) is 1. The summed E-state index contributed by atoms with van der Waals surface area (Å²) in [4.78, 5) is 11.0. The first kappa shape index (κ1) is 16.9. The predicted molar refractivity (Wildman–Crippen MR) is 98.0 cm³/mol. The summed E-state index contributed by atoms with van der Waals surface area (Å²) in [5.41, 5.74) is 3.44. The summed E-state index contributed by atoms with van der Waals surface area (Å²) < 4.78 is 8.09. The molecular formula is C20H23N5O. The van der Waals surface area contributed by atoms with E-state index in [0.29, 0.717) is 19.1 Å². The van der Waals surface area contributed by atoms with Crippen molar-refractivity contribution in [2.45, 2.75) is 26.2 Å². The minimum atomic E-state index is 0.386. The predicted octanol–water partition coefficient (Wildman–Crippen LogP) is 2.52. The molecule has 0 aliphatic carbocycles. The van der Waals surface area contributed by atoms with E-state index in [-0.39, 0.29) is 0 Å². The van der Waals surface area contributed by atoms with Gasteiger partial charge in [0.15, 0.2) is 0 Å². The van der Waals surface area contributed by atoms with Gasteiger partial charge in [-0.15, -0.1) is 0 Å². The number of pyridine rings is 2. The first-order valence-electron chi connectivity index (χ1n) is 8.96. The Morgan fingerprint density at radius 1 is 1.04 bits per heavy atom. The molecule has 1 unspecified atom stereocenters. The van der Waals surface area contributed by atoms with E-state index in [4.69, 9.17) is 4.74 Å². The van der Waals surface area contributed by atoms with Gasteiger partial charge >= 0.3 is 0 Å². The Morgan fingerprint density at radius 2 is 2.04 bits per heavy atom. The molecule has 0 saturated heterocycles. The van der Waals surface area contributed by atoms with Crippen molar-refractivity contribution in [3.8, 4) is 0 Å². The number of fused-ring (bicyclic) bond motifs is 1. The molecule has 6 nitrogen and oxygen atoms in total. The number of nitrogens with zero attached hydrogens (tertiary/aromatic N) is 5. The summed E-state index contributed by atoms with van der Waals surface area (Å²) in [5.74, 6) is 0.386. The molecule has 1 aliphatic heterocycles. The van der Waals surface area contributed by atoms with Crippen molar-refractivity contribution in [2.75, 3.05) is 13.2 Å². The minimum Gasteiger partial charge on any atom is -0.376 e. The van der Waals surface area contributed by atoms with Crippen molar-refractivity contribution in [1.82, 2.24) is 24.6 Å². The van der Waals surface area contributed by atoms with Gasteiger partial charge < -0.3 is 4.74 Å². The maximum atomic E-state index is 5.98. The molecule has 4 rings (SSSR count). The average molecular weight is 349 g/mol. The van der Waals surface area contributed by atoms with E-state index in [1.165, 1.54) is 5.69 Å². The summed E-state index contributed by atoms with van der Waals surface area (Å²) in [5, 5.41) is 4.48. The van der Waals surface area contributed by atoms with E-state index in [1.807, 2.05) is 42.9 Å². The molecule has 0 spiro atoms. The fourth-order valence-corrected chi connectivity index (χ4v) is 3.39. The van der Waals surface area contributed by atoms with E-state index in [9.17, 15) is 0 Å². The van der Waals surface area contributed by atoms with Gasteiger partial charge in [-0.25, -0.2) is 0 Å². The van der Waals surface area contributed by atoms with Crippen LogP contribution in [-0.2, 0) is 31.0 Å². The zero-order chi connectivity index (χ0) is 17.6. The molecule has 0 aromatic carbocycles. The first-order chi connectivity index (χ1) is 12.9. The number of hydrogen-bond acceptors (Lipinski definition) is 5. The van der Waals surface area contributed by atoms with Crippen LogP contribution in [0.3, 0.4) is 0 Å². The standard InChI is InChI=1S/C20H23N5O/c1-2-8-22-19(5-1)13-24-11-18(12-25-20(14-24)6-9-23-25)16-26-15-17-4-3-7-21-10-17/h1-10,18H,11-16H2. The molecule has 134 valence electrons. The van der Waals surface area contributed by atoms with Crippen LogP contribution in [0.25, 0.3) is 0 Å². The second-order valence-electron chi connectivity index (χ2n) is 6.74. The monoisotopic (exact) mass is 349 g/mol. The maximum Gasteiger partial charge on any atom is 0.0731 e. The van der Waals surface area contributed by atoms with E-state index in [2.05, 4.69) is 36.8 Å². The molecule has 3 aromatic heterocycles. The Labute approximate surface area is 153 Å². The van der Waals surface area contributed by atoms with Gasteiger partial charge in [0, 0.05) is 56.9 Å². The highest BCUT2D eigenvalue weighted by molar-refractivity contribution is 5.07.